The van der Waals surface area contributed by atoms with Gasteiger partial charge in [-0.25, -0.2) is 4.79 Å². The van der Waals surface area contributed by atoms with E-state index in [9.17, 15) is 4.79 Å². The molecule has 0 bridgehead atoms. The third-order valence-corrected chi connectivity index (χ3v) is 0.614. The van der Waals surface area contributed by atoms with Crippen molar-refractivity contribution in [3.8, 4) is 0 Å². The number of carbonyl (C=O) groups is 1. The third-order valence-electron chi connectivity index (χ3n) is 0.614. The van der Waals surface area contributed by atoms with Crippen LogP contribution in [-0.4, -0.2) is 17.7 Å². The highest BCUT2D eigenvalue weighted by Gasteiger charge is 2.15. The molecule has 0 aromatic rings. The summed E-state index contributed by atoms with van der Waals surface area (Å²) in [7, 11) is 0. The minimum absolute atomic E-state index is 0.292. The number of amides is 1. The van der Waals surface area contributed by atoms with Crippen molar-refractivity contribution in [2.45, 2.75) is 40.2 Å². The molecule has 0 unspecified atom stereocenters. The highest BCUT2D eigenvalue weighted by atomic mass is 16.6. The molecule has 0 heterocycles. The first-order valence-corrected chi connectivity index (χ1v) is 4.14. The molecule has 0 aliphatic heterocycles. The van der Waals surface area contributed by atoms with Crippen molar-refractivity contribution >= 4 is 12.1 Å². The van der Waals surface area contributed by atoms with Gasteiger partial charge in [0.25, 0.3) is 0 Å². The van der Waals surface area contributed by atoms with Gasteiger partial charge in [0.1, 0.15) is 5.60 Å². The Labute approximate surface area is 79.1 Å². The fourth-order valence-corrected chi connectivity index (χ4v) is 0.390. The molecule has 0 aliphatic rings. The van der Waals surface area contributed by atoms with Crippen molar-refractivity contribution in [2.24, 2.45) is 16.5 Å². The Morgan fingerprint density at radius 1 is 1.23 bits per heavy atom. The molecule has 0 rings (SSSR count). The van der Waals surface area contributed by atoms with Gasteiger partial charge in [-0.1, -0.05) is 13.8 Å². The van der Waals surface area contributed by atoms with Crippen LogP contribution < -0.4 is 11.5 Å². The fraction of sp³-hybridized carbons (Fsp3) is 0.750. The van der Waals surface area contributed by atoms with E-state index >= 15 is 0 Å². The van der Waals surface area contributed by atoms with Gasteiger partial charge in [-0.3, -0.25) is 0 Å². The molecule has 0 spiro atoms. The van der Waals surface area contributed by atoms with Gasteiger partial charge >= 0.3 is 6.09 Å². The van der Waals surface area contributed by atoms with Gasteiger partial charge in [-0.05, 0) is 20.8 Å². The number of guanidine groups is 1. The Hall–Kier alpha value is -1.26. The van der Waals surface area contributed by atoms with Crippen molar-refractivity contribution in [1.82, 2.24) is 0 Å². The van der Waals surface area contributed by atoms with E-state index in [-0.39, 0.29) is 5.96 Å². The van der Waals surface area contributed by atoms with Crippen LogP contribution in [0, 0.1) is 0 Å². The van der Waals surface area contributed by atoms with Gasteiger partial charge < -0.3 is 16.2 Å². The summed E-state index contributed by atoms with van der Waals surface area (Å²) in [5.74, 6) is -0.292. The molecule has 78 valence electrons. The molecule has 0 aliphatic carbocycles. The van der Waals surface area contributed by atoms with Crippen LogP contribution in [0.5, 0.6) is 0 Å². The number of hydrogen-bond donors (Lipinski definition) is 2. The van der Waals surface area contributed by atoms with Crippen LogP contribution in [0.15, 0.2) is 4.99 Å². The first kappa shape index (κ1) is 14.3. The predicted octanol–water partition coefficient (Wildman–Crippen LogP) is 1.22. The van der Waals surface area contributed by atoms with E-state index in [0.29, 0.717) is 0 Å². The van der Waals surface area contributed by atoms with Crippen molar-refractivity contribution in [3.05, 3.63) is 0 Å². The van der Waals surface area contributed by atoms with E-state index in [4.69, 9.17) is 16.2 Å². The van der Waals surface area contributed by atoms with E-state index in [2.05, 4.69) is 4.99 Å². The number of nitrogens with two attached hydrogens (primary N) is 2. The highest BCUT2D eigenvalue weighted by Crippen LogP contribution is 2.07. The molecule has 4 N–H and O–H groups in total. The van der Waals surface area contributed by atoms with Crippen molar-refractivity contribution in [2.75, 3.05) is 0 Å². The topological polar surface area (TPSA) is 90.7 Å². The van der Waals surface area contributed by atoms with E-state index in [0.717, 1.165) is 0 Å². The molecular formula is C8H19N3O2. The lowest BCUT2D eigenvalue weighted by Crippen LogP contribution is -2.27. The monoisotopic (exact) mass is 189 g/mol. The maximum atomic E-state index is 10.7. The standard InChI is InChI=1S/C6H13N3O2.C2H6/c1-6(2,3)11-5(10)9-4(7)8;1-2/h1-3H3,(H4,7,8,9,10);1-2H3. The molecule has 13 heavy (non-hydrogen) atoms. The SMILES string of the molecule is CC.CC(C)(C)OC(=O)N=C(N)N. The molecule has 0 aromatic carbocycles. The van der Waals surface area contributed by atoms with Gasteiger partial charge in [0, 0.05) is 0 Å². The summed E-state index contributed by atoms with van der Waals surface area (Å²) in [6.45, 7) is 9.19. The molecule has 0 fully saturated rings. The molecule has 0 atom stereocenters. The minimum Gasteiger partial charge on any atom is -0.442 e. The number of ether oxygens (including phenoxy) is 1. The Morgan fingerprint density at radius 3 is 1.85 bits per heavy atom. The largest absolute Gasteiger partial charge is 0.442 e. The Morgan fingerprint density at radius 2 is 1.62 bits per heavy atom. The summed E-state index contributed by atoms with van der Waals surface area (Å²) >= 11 is 0. The normalized spacial score (nSPS) is 9.31. The van der Waals surface area contributed by atoms with E-state index in [1.54, 1.807) is 20.8 Å². The van der Waals surface area contributed by atoms with Crippen molar-refractivity contribution < 1.29 is 9.53 Å². The third kappa shape index (κ3) is 13.7. The first-order valence-electron chi connectivity index (χ1n) is 4.14. The summed E-state index contributed by atoms with van der Waals surface area (Å²) in [6.07, 6.45) is -0.766. The van der Waals surface area contributed by atoms with Gasteiger partial charge in [0.2, 0.25) is 0 Å². The second-order valence-corrected chi connectivity index (χ2v) is 3.02. The zero-order chi connectivity index (χ0) is 11.1. The summed E-state index contributed by atoms with van der Waals surface area (Å²) in [5.41, 5.74) is 9.32. The van der Waals surface area contributed by atoms with Crippen LogP contribution in [0.4, 0.5) is 4.79 Å². The average Bonchev–Trinajstić information content (AvgIpc) is 1.85. The Balaban J connectivity index is 0. The zero-order valence-electron chi connectivity index (χ0n) is 8.92. The number of aliphatic imine (C=N–C) groups is 1. The summed E-state index contributed by atoms with van der Waals surface area (Å²) in [4.78, 5) is 13.9. The van der Waals surface area contributed by atoms with Crippen LogP contribution >= 0.6 is 0 Å². The highest BCUT2D eigenvalue weighted by molar-refractivity contribution is 5.87. The first-order chi connectivity index (χ1) is 5.81. The average molecular weight is 189 g/mol. The second-order valence-electron chi connectivity index (χ2n) is 3.02. The molecule has 0 aromatic heterocycles. The second kappa shape index (κ2) is 6.28. The molecule has 0 saturated heterocycles. The smallest absolute Gasteiger partial charge is 0.437 e. The van der Waals surface area contributed by atoms with E-state index in [1.807, 2.05) is 13.8 Å². The molecule has 1 amide bonds. The van der Waals surface area contributed by atoms with Gasteiger partial charge in [-0.2, -0.15) is 0 Å². The van der Waals surface area contributed by atoms with E-state index in [1.165, 1.54) is 0 Å². The van der Waals surface area contributed by atoms with E-state index < -0.39 is 11.7 Å². The number of nitrogens with zero attached hydrogens (tertiary/aromatic N) is 1. The Bertz CT molecular complexity index is 178. The molecule has 0 radical (unpaired) electrons. The van der Waals surface area contributed by atoms with Crippen LogP contribution in [0.2, 0.25) is 0 Å². The summed E-state index contributed by atoms with van der Waals surface area (Å²) in [6, 6.07) is 0. The van der Waals surface area contributed by atoms with Crippen molar-refractivity contribution in [3.63, 3.8) is 0 Å². The fourth-order valence-electron chi connectivity index (χ4n) is 0.390. The lowest BCUT2D eigenvalue weighted by Gasteiger charge is -2.17. The zero-order valence-corrected chi connectivity index (χ0v) is 8.92. The van der Waals surface area contributed by atoms with Crippen LogP contribution in [0.3, 0.4) is 0 Å². The molecule has 0 saturated carbocycles. The number of hydrogen-bond acceptors (Lipinski definition) is 2. The molecular weight excluding hydrogens is 170 g/mol. The lowest BCUT2D eigenvalue weighted by atomic mass is 10.2. The maximum absolute atomic E-state index is 10.7. The van der Waals surface area contributed by atoms with Crippen LogP contribution in [-0.2, 0) is 4.74 Å². The quantitative estimate of drug-likeness (QED) is 0.443. The van der Waals surface area contributed by atoms with Crippen molar-refractivity contribution in [1.29, 1.82) is 0 Å². The van der Waals surface area contributed by atoms with Gasteiger partial charge in [0.05, 0.1) is 0 Å². The van der Waals surface area contributed by atoms with Crippen LogP contribution in [0.1, 0.15) is 34.6 Å². The summed E-state index contributed by atoms with van der Waals surface area (Å²) in [5, 5.41) is 0. The molecule has 5 nitrogen and oxygen atoms in total. The minimum atomic E-state index is -0.766. The maximum Gasteiger partial charge on any atom is 0.437 e. The summed E-state index contributed by atoms with van der Waals surface area (Å²) < 4.78 is 4.76. The Kier molecular flexibility index (Phi) is 6.89. The predicted molar refractivity (Wildman–Crippen MR) is 53.4 cm³/mol. The number of carbonyl (C=O) groups excluding carboxylic acids is 1. The van der Waals surface area contributed by atoms with Gasteiger partial charge in [-0.15, -0.1) is 4.99 Å². The molecule has 5 heteroatoms. The van der Waals surface area contributed by atoms with Gasteiger partial charge in [0.15, 0.2) is 5.96 Å². The van der Waals surface area contributed by atoms with Crippen LogP contribution in [0.25, 0.3) is 0 Å². The number of rotatable bonds is 0. The lowest BCUT2D eigenvalue weighted by molar-refractivity contribution is 0.0604.